The molecule has 1 saturated heterocycles. The topological polar surface area (TPSA) is 95.9 Å². The van der Waals surface area contributed by atoms with E-state index in [9.17, 15) is 19.8 Å². The van der Waals surface area contributed by atoms with E-state index in [0.717, 1.165) is 0 Å². The van der Waals surface area contributed by atoms with E-state index in [1.54, 1.807) is 6.92 Å². The first kappa shape index (κ1) is 15.1. The lowest BCUT2D eigenvalue weighted by Gasteiger charge is -2.59. The van der Waals surface area contributed by atoms with Crippen molar-refractivity contribution in [2.24, 2.45) is 0 Å². The maximum atomic E-state index is 11.2. The Morgan fingerprint density at radius 3 is 2.11 bits per heavy atom. The summed E-state index contributed by atoms with van der Waals surface area (Å²) < 4.78 is 5.39. The molecule has 0 aromatic carbocycles. The zero-order valence-electron chi connectivity index (χ0n) is 11.4. The molecular weight excluding hydrogens is 238 g/mol. The SMILES string of the molecule is CC(=O)NC1(C)COC(C)(C=O)[C@](C)(O)[C@@]1(C)O. The molecule has 0 spiro atoms. The smallest absolute Gasteiger partial charge is 0.217 e. The van der Waals surface area contributed by atoms with Crippen molar-refractivity contribution in [3.05, 3.63) is 0 Å². The summed E-state index contributed by atoms with van der Waals surface area (Å²) in [6, 6.07) is 0. The van der Waals surface area contributed by atoms with Crippen molar-refractivity contribution >= 4 is 12.2 Å². The Bertz CT molecular complexity index is 379. The molecule has 104 valence electrons. The van der Waals surface area contributed by atoms with Gasteiger partial charge in [0.1, 0.15) is 11.2 Å². The van der Waals surface area contributed by atoms with Crippen molar-refractivity contribution in [3.63, 3.8) is 0 Å². The van der Waals surface area contributed by atoms with E-state index in [-0.39, 0.29) is 12.5 Å². The van der Waals surface area contributed by atoms with E-state index in [2.05, 4.69) is 5.32 Å². The Balaban J connectivity index is 3.27. The third-order valence-corrected chi connectivity index (χ3v) is 4.33. The zero-order chi connectivity index (χ0) is 14.4. The van der Waals surface area contributed by atoms with Gasteiger partial charge in [-0.3, -0.25) is 4.79 Å². The summed E-state index contributed by atoms with van der Waals surface area (Å²) in [5.41, 5.74) is -6.31. The lowest BCUT2D eigenvalue weighted by molar-refractivity contribution is -0.296. The number of amides is 1. The van der Waals surface area contributed by atoms with Crippen LogP contribution in [0.5, 0.6) is 0 Å². The second-order valence-electron chi connectivity index (χ2n) is 5.67. The van der Waals surface area contributed by atoms with Gasteiger partial charge in [-0.2, -0.15) is 0 Å². The number of carbonyl (C=O) groups excluding carboxylic acids is 2. The van der Waals surface area contributed by atoms with Gasteiger partial charge >= 0.3 is 0 Å². The number of rotatable bonds is 2. The molecule has 3 N–H and O–H groups in total. The summed E-state index contributed by atoms with van der Waals surface area (Å²) >= 11 is 0. The monoisotopic (exact) mass is 259 g/mol. The minimum atomic E-state index is -1.85. The van der Waals surface area contributed by atoms with Crippen molar-refractivity contribution in [3.8, 4) is 0 Å². The average molecular weight is 259 g/mol. The molecule has 1 amide bonds. The molecule has 1 aliphatic rings. The number of nitrogens with one attached hydrogen (secondary N) is 1. The number of aliphatic hydroxyl groups is 2. The highest BCUT2D eigenvalue weighted by molar-refractivity contribution is 5.74. The summed E-state index contributed by atoms with van der Waals surface area (Å²) in [4.78, 5) is 22.4. The van der Waals surface area contributed by atoms with Crippen LogP contribution in [0.2, 0.25) is 0 Å². The maximum absolute atomic E-state index is 11.2. The van der Waals surface area contributed by atoms with Crippen LogP contribution in [-0.2, 0) is 14.3 Å². The molecule has 1 aliphatic heterocycles. The fourth-order valence-corrected chi connectivity index (χ4v) is 2.29. The molecule has 0 aliphatic carbocycles. The van der Waals surface area contributed by atoms with Crippen LogP contribution in [0.3, 0.4) is 0 Å². The summed E-state index contributed by atoms with van der Waals surface area (Å²) in [6.07, 6.45) is 0.467. The number of carbonyl (C=O) groups is 2. The zero-order valence-corrected chi connectivity index (χ0v) is 11.4. The van der Waals surface area contributed by atoms with Gasteiger partial charge in [0.2, 0.25) is 5.91 Å². The van der Waals surface area contributed by atoms with Crippen LogP contribution < -0.4 is 5.32 Å². The highest BCUT2D eigenvalue weighted by atomic mass is 16.5. The van der Waals surface area contributed by atoms with Crippen molar-refractivity contribution < 1.29 is 24.5 Å². The van der Waals surface area contributed by atoms with Crippen LogP contribution in [0.15, 0.2) is 0 Å². The summed E-state index contributed by atoms with van der Waals surface area (Å²) in [5.74, 6) is -0.355. The van der Waals surface area contributed by atoms with E-state index in [4.69, 9.17) is 4.74 Å². The Labute approximate surface area is 106 Å². The third-order valence-electron chi connectivity index (χ3n) is 4.33. The van der Waals surface area contributed by atoms with E-state index < -0.39 is 22.3 Å². The summed E-state index contributed by atoms with van der Waals surface area (Å²) in [5, 5.41) is 23.7. The second-order valence-corrected chi connectivity index (χ2v) is 5.67. The molecule has 0 aromatic heterocycles. The Morgan fingerprint density at radius 1 is 1.22 bits per heavy atom. The van der Waals surface area contributed by atoms with Gasteiger partial charge in [0, 0.05) is 6.92 Å². The van der Waals surface area contributed by atoms with Gasteiger partial charge < -0.3 is 25.1 Å². The molecule has 2 unspecified atom stereocenters. The predicted molar refractivity (Wildman–Crippen MR) is 63.9 cm³/mol. The number of ether oxygens (including phenoxy) is 1. The van der Waals surface area contributed by atoms with Crippen molar-refractivity contribution in [2.45, 2.75) is 57.0 Å². The lowest BCUT2D eigenvalue weighted by atomic mass is 9.63. The van der Waals surface area contributed by atoms with Crippen LogP contribution in [0.1, 0.15) is 34.6 Å². The van der Waals surface area contributed by atoms with Gasteiger partial charge in [0.05, 0.1) is 12.1 Å². The van der Waals surface area contributed by atoms with Gasteiger partial charge in [0.25, 0.3) is 0 Å². The van der Waals surface area contributed by atoms with Gasteiger partial charge in [-0.1, -0.05) is 0 Å². The molecule has 1 rings (SSSR count). The highest BCUT2D eigenvalue weighted by Gasteiger charge is 2.67. The summed E-state index contributed by atoms with van der Waals surface area (Å²) in [6.45, 7) is 6.90. The molecule has 0 saturated carbocycles. The number of hydrogen-bond donors (Lipinski definition) is 3. The van der Waals surface area contributed by atoms with Crippen molar-refractivity contribution in [2.75, 3.05) is 6.61 Å². The van der Waals surface area contributed by atoms with Gasteiger partial charge in [-0.15, -0.1) is 0 Å². The Kier molecular flexibility index (Phi) is 3.36. The van der Waals surface area contributed by atoms with Crippen LogP contribution >= 0.6 is 0 Å². The molecule has 1 fully saturated rings. The molecule has 0 bridgehead atoms. The van der Waals surface area contributed by atoms with Gasteiger partial charge in [0.15, 0.2) is 11.9 Å². The average Bonchev–Trinajstić information content (AvgIpc) is 2.22. The van der Waals surface area contributed by atoms with E-state index >= 15 is 0 Å². The normalized spacial score (nSPS) is 48.6. The second kappa shape index (κ2) is 4.01. The fraction of sp³-hybridized carbons (Fsp3) is 0.833. The van der Waals surface area contributed by atoms with Crippen LogP contribution in [0.25, 0.3) is 0 Å². The van der Waals surface area contributed by atoms with E-state index in [0.29, 0.717) is 6.29 Å². The molecule has 0 aromatic rings. The first-order chi connectivity index (χ1) is 7.93. The van der Waals surface area contributed by atoms with Crippen LogP contribution in [0.4, 0.5) is 0 Å². The van der Waals surface area contributed by atoms with Crippen molar-refractivity contribution in [1.82, 2.24) is 5.32 Å². The number of hydrogen-bond acceptors (Lipinski definition) is 5. The minimum absolute atomic E-state index is 0.0784. The van der Waals surface area contributed by atoms with Crippen LogP contribution in [0, 0.1) is 0 Å². The molecule has 6 nitrogen and oxygen atoms in total. The Hall–Kier alpha value is -0.980. The molecule has 6 heteroatoms. The molecule has 0 radical (unpaired) electrons. The van der Waals surface area contributed by atoms with Gasteiger partial charge in [-0.05, 0) is 27.7 Å². The van der Waals surface area contributed by atoms with E-state index in [1.165, 1.54) is 27.7 Å². The predicted octanol–water partition coefficient (Wildman–Crippen LogP) is -0.629. The lowest BCUT2D eigenvalue weighted by Crippen LogP contribution is -2.81. The number of aldehydes is 1. The summed E-state index contributed by atoms with van der Waals surface area (Å²) in [7, 11) is 0. The highest BCUT2D eigenvalue weighted by Crippen LogP contribution is 2.45. The first-order valence-corrected chi connectivity index (χ1v) is 5.77. The molecule has 4 atom stereocenters. The first-order valence-electron chi connectivity index (χ1n) is 5.77. The third kappa shape index (κ3) is 1.75. The molecule has 18 heavy (non-hydrogen) atoms. The quantitative estimate of drug-likeness (QED) is 0.574. The standard InChI is InChI=1S/C12H21NO5/c1-8(15)13-9(2)7-18-10(3,6-14)12(5,17)11(9,4)16/h6,16-17H,7H2,1-5H3,(H,13,15)/t9?,10?,11-,12-/m0/s1. The van der Waals surface area contributed by atoms with Gasteiger partial charge in [-0.25, -0.2) is 0 Å². The van der Waals surface area contributed by atoms with E-state index in [1.807, 2.05) is 0 Å². The maximum Gasteiger partial charge on any atom is 0.217 e. The minimum Gasteiger partial charge on any atom is -0.385 e. The fourth-order valence-electron chi connectivity index (χ4n) is 2.29. The van der Waals surface area contributed by atoms with Crippen molar-refractivity contribution in [1.29, 1.82) is 0 Å². The molecule has 1 heterocycles. The largest absolute Gasteiger partial charge is 0.385 e. The molecular formula is C12H21NO5. The van der Waals surface area contributed by atoms with Crippen LogP contribution in [-0.4, -0.2) is 51.4 Å². The Morgan fingerprint density at radius 2 is 1.72 bits per heavy atom.